The van der Waals surface area contributed by atoms with E-state index in [1.165, 1.54) is 24.3 Å². The van der Waals surface area contributed by atoms with E-state index >= 15 is 0 Å². The van der Waals surface area contributed by atoms with Gasteiger partial charge >= 0.3 is 0 Å². The summed E-state index contributed by atoms with van der Waals surface area (Å²) in [5.74, 6) is 0. The minimum atomic E-state index is -3.99. The molecule has 4 aromatic rings. The van der Waals surface area contributed by atoms with E-state index in [1.54, 1.807) is 72.8 Å². The van der Waals surface area contributed by atoms with Crippen molar-refractivity contribution in [2.45, 2.75) is 35.7 Å². The number of rotatable bonds is 9. The molecule has 0 aliphatic carbocycles. The smallest absolute Gasteiger partial charge is 0.207 e. The summed E-state index contributed by atoms with van der Waals surface area (Å²) in [7, 11) is -7.98. The third-order valence-electron chi connectivity index (χ3n) is 5.88. The van der Waals surface area contributed by atoms with Crippen molar-refractivity contribution in [3.8, 4) is 0 Å². The molecule has 0 heterocycles. The maximum Gasteiger partial charge on any atom is 0.241 e. The zero-order chi connectivity index (χ0) is 25.8. The van der Waals surface area contributed by atoms with Crippen LogP contribution in [-0.4, -0.2) is 16.8 Å². The highest BCUT2D eigenvalue weighted by Gasteiger charge is 2.33. The first-order valence-corrected chi connectivity index (χ1v) is 14.4. The topological polar surface area (TPSA) is 92.3 Å². The first-order valence-electron chi connectivity index (χ1n) is 11.4. The molecule has 4 rings (SSSR count). The van der Waals surface area contributed by atoms with Gasteiger partial charge < -0.3 is 0 Å². The van der Waals surface area contributed by atoms with E-state index in [0.29, 0.717) is 11.1 Å². The van der Waals surface area contributed by atoms with Crippen LogP contribution < -0.4 is 9.44 Å². The number of hydrogen-bond acceptors (Lipinski definition) is 4. The minimum Gasteiger partial charge on any atom is -0.207 e. The molecule has 0 radical (unpaired) electrons. The Morgan fingerprint density at radius 1 is 0.472 bits per heavy atom. The highest BCUT2D eigenvalue weighted by Crippen LogP contribution is 2.32. The van der Waals surface area contributed by atoms with E-state index in [0.717, 1.165) is 11.1 Å². The zero-order valence-electron chi connectivity index (χ0n) is 20.0. The molecule has 36 heavy (non-hydrogen) atoms. The van der Waals surface area contributed by atoms with Gasteiger partial charge in [-0.1, -0.05) is 96.1 Å². The van der Waals surface area contributed by atoms with E-state index in [-0.39, 0.29) is 9.79 Å². The average Bonchev–Trinajstić information content (AvgIpc) is 2.88. The molecule has 186 valence electrons. The molecule has 6 nitrogen and oxygen atoms in total. The monoisotopic (exact) mass is 520 g/mol. The quantitative estimate of drug-likeness (QED) is 0.323. The van der Waals surface area contributed by atoms with Crippen molar-refractivity contribution < 1.29 is 16.8 Å². The maximum atomic E-state index is 13.4. The van der Waals surface area contributed by atoms with Crippen LogP contribution in [0.3, 0.4) is 0 Å². The van der Waals surface area contributed by atoms with Crippen molar-refractivity contribution in [1.29, 1.82) is 0 Å². The average molecular weight is 521 g/mol. The number of aryl methyl sites for hydroxylation is 2. The number of nitrogens with one attached hydrogen (secondary N) is 2. The van der Waals surface area contributed by atoms with Crippen LogP contribution in [0.25, 0.3) is 0 Å². The molecule has 2 N–H and O–H groups in total. The first-order chi connectivity index (χ1) is 17.2. The fraction of sp³-hybridized carbons (Fsp3) is 0.143. The lowest BCUT2D eigenvalue weighted by molar-refractivity contribution is 0.466. The Morgan fingerprint density at radius 3 is 1.08 bits per heavy atom. The number of benzene rings is 4. The minimum absolute atomic E-state index is 0.0993. The van der Waals surface area contributed by atoms with Gasteiger partial charge in [-0.15, -0.1) is 0 Å². The summed E-state index contributed by atoms with van der Waals surface area (Å²) in [4.78, 5) is 0.199. The molecular formula is C28H28N2O4S2. The van der Waals surface area contributed by atoms with Crippen LogP contribution in [-0.2, 0) is 20.0 Å². The zero-order valence-corrected chi connectivity index (χ0v) is 21.6. The normalized spacial score (nSPS) is 13.7. The summed E-state index contributed by atoms with van der Waals surface area (Å²) in [5, 5.41) is 0. The summed E-state index contributed by atoms with van der Waals surface area (Å²) in [6.45, 7) is 3.75. The van der Waals surface area contributed by atoms with E-state index in [4.69, 9.17) is 0 Å². The van der Waals surface area contributed by atoms with Gasteiger partial charge in [0.15, 0.2) is 0 Å². The lowest BCUT2D eigenvalue weighted by atomic mass is 9.95. The van der Waals surface area contributed by atoms with Gasteiger partial charge in [0.1, 0.15) is 0 Å². The third-order valence-corrected chi connectivity index (χ3v) is 8.79. The van der Waals surface area contributed by atoms with Crippen LogP contribution >= 0.6 is 0 Å². The van der Waals surface area contributed by atoms with Crippen molar-refractivity contribution in [1.82, 2.24) is 9.44 Å². The molecule has 0 amide bonds. The maximum absolute atomic E-state index is 13.4. The predicted molar refractivity (Wildman–Crippen MR) is 141 cm³/mol. The third kappa shape index (κ3) is 6.09. The van der Waals surface area contributed by atoms with E-state index < -0.39 is 32.1 Å². The molecule has 0 saturated heterocycles. The second kappa shape index (κ2) is 10.8. The van der Waals surface area contributed by atoms with Crippen LogP contribution in [0.1, 0.15) is 34.3 Å². The first kappa shape index (κ1) is 25.8. The molecule has 0 aliphatic heterocycles. The molecule has 2 atom stereocenters. The number of sulfonamides is 2. The van der Waals surface area contributed by atoms with Gasteiger partial charge in [0.25, 0.3) is 0 Å². The molecular weight excluding hydrogens is 492 g/mol. The van der Waals surface area contributed by atoms with Crippen molar-refractivity contribution in [2.24, 2.45) is 0 Å². The van der Waals surface area contributed by atoms with Crippen molar-refractivity contribution in [3.63, 3.8) is 0 Å². The van der Waals surface area contributed by atoms with Crippen LogP contribution in [0.4, 0.5) is 0 Å². The van der Waals surface area contributed by atoms with Gasteiger partial charge in [-0.25, -0.2) is 26.3 Å². The fourth-order valence-corrected chi connectivity index (χ4v) is 6.36. The number of hydrogen-bond donors (Lipinski definition) is 2. The standard InChI is InChI=1S/C28H28N2O4S2/c1-21-13-17-25(18-14-21)35(31,32)29-27(23-9-5-3-6-10-23)28(24-11-7-4-8-12-24)30-36(33,34)26-19-15-22(2)16-20-26/h3-20,27-30H,1-2H3/t27-,28-/m1/s1. The second-order valence-electron chi connectivity index (χ2n) is 8.65. The van der Waals surface area contributed by atoms with Gasteiger partial charge in [0.2, 0.25) is 20.0 Å². The Balaban J connectivity index is 1.81. The lowest BCUT2D eigenvalue weighted by Gasteiger charge is -2.29. The Kier molecular flexibility index (Phi) is 7.70. The summed E-state index contributed by atoms with van der Waals surface area (Å²) in [5.41, 5.74) is 3.10. The van der Waals surface area contributed by atoms with E-state index in [1.807, 2.05) is 26.0 Å². The van der Waals surface area contributed by atoms with Crippen molar-refractivity contribution >= 4 is 20.0 Å². The molecule has 0 saturated carbocycles. The molecule has 0 unspecified atom stereocenters. The molecule has 0 fully saturated rings. The van der Waals surface area contributed by atoms with Crippen LogP contribution in [0.15, 0.2) is 119 Å². The second-order valence-corrected chi connectivity index (χ2v) is 12.1. The van der Waals surface area contributed by atoms with Gasteiger partial charge in [-0.2, -0.15) is 0 Å². The van der Waals surface area contributed by atoms with Crippen LogP contribution in [0.5, 0.6) is 0 Å². The molecule has 0 bridgehead atoms. The van der Waals surface area contributed by atoms with Gasteiger partial charge in [0.05, 0.1) is 21.9 Å². The highest BCUT2D eigenvalue weighted by atomic mass is 32.2. The lowest BCUT2D eigenvalue weighted by Crippen LogP contribution is -2.40. The van der Waals surface area contributed by atoms with Crippen molar-refractivity contribution in [3.05, 3.63) is 131 Å². The molecule has 0 spiro atoms. The molecule has 4 aromatic carbocycles. The van der Waals surface area contributed by atoms with E-state index in [9.17, 15) is 16.8 Å². The van der Waals surface area contributed by atoms with Crippen molar-refractivity contribution in [2.75, 3.05) is 0 Å². The van der Waals surface area contributed by atoms with Crippen LogP contribution in [0, 0.1) is 13.8 Å². The molecule has 0 aromatic heterocycles. The fourth-order valence-electron chi connectivity index (χ4n) is 3.88. The van der Waals surface area contributed by atoms with Crippen LogP contribution in [0.2, 0.25) is 0 Å². The Bertz CT molecular complexity index is 1390. The molecule has 0 aliphatic rings. The SMILES string of the molecule is Cc1ccc(S(=O)(=O)N[C@H](c2ccccc2)[C@H](NS(=O)(=O)c2ccc(C)cc2)c2ccccc2)cc1. The van der Waals surface area contributed by atoms with Gasteiger partial charge in [-0.3, -0.25) is 0 Å². The summed E-state index contributed by atoms with van der Waals surface area (Å²) in [6, 6.07) is 29.1. The summed E-state index contributed by atoms with van der Waals surface area (Å²) >= 11 is 0. The Labute approximate surface area is 213 Å². The largest absolute Gasteiger partial charge is 0.241 e. The summed E-state index contributed by atoms with van der Waals surface area (Å²) < 4.78 is 59.3. The Hall–Kier alpha value is -3.30. The summed E-state index contributed by atoms with van der Waals surface area (Å²) in [6.07, 6.45) is 0. The predicted octanol–water partition coefficient (Wildman–Crippen LogP) is 5.04. The molecule has 8 heteroatoms. The van der Waals surface area contributed by atoms with Gasteiger partial charge in [-0.05, 0) is 49.2 Å². The highest BCUT2D eigenvalue weighted by molar-refractivity contribution is 7.90. The van der Waals surface area contributed by atoms with Gasteiger partial charge in [0, 0.05) is 0 Å². The van der Waals surface area contributed by atoms with E-state index in [2.05, 4.69) is 9.44 Å². The Morgan fingerprint density at radius 2 is 0.778 bits per heavy atom.